The predicted molar refractivity (Wildman–Crippen MR) is 59.9 cm³/mol. The van der Waals surface area contributed by atoms with Crippen molar-refractivity contribution < 1.29 is 4.79 Å². The van der Waals surface area contributed by atoms with Crippen LogP contribution in [0.25, 0.3) is 0 Å². The third kappa shape index (κ3) is 2.70. The Morgan fingerprint density at radius 2 is 2.56 bits per heavy atom. The average molecular weight is 242 g/mol. The van der Waals surface area contributed by atoms with Crippen LogP contribution in [0.1, 0.15) is 18.8 Å². The smallest absolute Gasteiger partial charge is 0.238 e. The minimum Gasteiger partial charge on any atom is -0.345 e. The van der Waals surface area contributed by atoms with E-state index >= 15 is 0 Å². The van der Waals surface area contributed by atoms with Crippen molar-refractivity contribution in [2.75, 3.05) is 18.1 Å². The van der Waals surface area contributed by atoms with Crippen LogP contribution >= 0.6 is 11.8 Å². The third-order valence-corrected chi connectivity index (χ3v) is 3.41. The molecule has 16 heavy (non-hydrogen) atoms. The molecule has 0 spiro atoms. The predicted octanol–water partition coefficient (Wildman–Crippen LogP) is -0.918. The van der Waals surface area contributed by atoms with Gasteiger partial charge in [0.15, 0.2) is 5.82 Å². The van der Waals surface area contributed by atoms with Crippen molar-refractivity contribution in [1.29, 1.82) is 0 Å². The lowest BCUT2D eigenvalue weighted by Crippen LogP contribution is -2.49. The summed E-state index contributed by atoms with van der Waals surface area (Å²) in [6.07, 6.45) is 0. The number of thioether (sulfide) groups is 1. The highest BCUT2D eigenvalue weighted by Gasteiger charge is 2.23. The number of aromatic amines is 1. The van der Waals surface area contributed by atoms with Crippen LogP contribution in [-0.2, 0) is 4.79 Å². The van der Waals surface area contributed by atoms with E-state index < -0.39 is 0 Å². The van der Waals surface area contributed by atoms with Crippen LogP contribution in [0.3, 0.4) is 0 Å². The number of hydrogen-bond acceptors (Lipinski definition) is 6. The van der Waals surface area contributed by atoms with Gasteiger partial charge in [0, 0.05) is 18.1 Å². The molecule has 0 saturated carbocycles. The van der Waals surface area contributed by atoms with E-state index in [1.807, 2.05) is 6.92 Å². The van der Waals surface area contributed by atoms with Crippen molar-refractivity contribution in [2.24, 2.45) is 0 Å². The van der Waals surface area contributed by atoms with E-state index in [0.717, 1.165) is 18.1 Å². The molecule has 1 fully saturated rings. The van der Waals surface area contributed by atoms with Crippen LogP contribution in [0, 0.1) is 0 Å². The second kappa shape index (κ2) is 5.26. The molecule has 2 heterocycles. The van der Waals surface area contributed by atoms with Crippen LogP contribution in [0.5, 0.6) is 0 Å². The summed E-state index contributed by atoms with van der Waals surface area (Å²) in [5.41, 5.74) is 0. The Hall–Kier alpha value is -1.15. The van der Waals surface area contributed by atoms with E-state index in [9.17, 15) is 4.79 Å². The number of nitrogens with one attached hydrogen (secondary N) is 3. The number of hydrogen-bond donors (Lipinski definition) is 3. The summed E-state index contributed by atoms with van der Waals surface area (Å²) in [5.74, 6) is 2.36. The number of amides is 1. The fourth-order valence-electron chi connectivity index (χ4n) is 1.47. The molecule has 1 aromatic rings. The number of carbonyl (C=O) groups excluding carboxylic acids is 1. The Bertz CT molecular complexity index is 336. The van der Waals surface area contributed by atoms with Gasteiger partial charge in [-0.25, -0.2) is 0 Å². The summed E-state index contributed by atoms with van der Waals surface area (Å²) in [5, 5.41) is 19.5. The molecular weight excluding hydrogens is 228 g/mol. The molecule has 0 aromatic carbocycles. The molecule has 2 unspecified atom stereocenters. The molecule has 0 bridgehead atoms. The van der Waals surface area contributed by atoms with Gasteiger partial charge in [0.25, 0.3) is 0 Å². The van der Waals surface area contributed by atoms with Crippen LogP contribution in [0.15, 0.2) is 0 Å². The van der Waals surface area contributed by atoms with E-state index in [0.29, 0.717) is 5.82 Å². The van der Waals surface area contributed by atoms with Crippen LogP contribution in [0.2, 0.25) is 0 Å². The number of nitrogens with zero attached hydrogens (tertiary/aromatic N) is 3. The molecule has 2 atom stereocenters. The molecule has 8 heteroatoms. The molecule has 3 N–H and O–H groups in total. The van der Waals surface area contributed by atoms with Gasteiger partial charge in [-0.1, -0.05) is 5.21 Å². The summed E-state index contributed by atoms with van der Waals surface area (Å²) in [6.45, 7) is 2.71. The third-order valence-electron chi connectivity index (χ3n) is 2.35. The molecule has 1 aliphatic heterocycles. The number of H-pyrrole nitrogens is 1. The molecule has 1 aromatic heterocycles. The highest BCUT2D eigenvalue weighted by atomic mass is 32.2. The Kier molecular flexibility index (Phi) is 3.73. The van der Waals surface area contributed by atoms with Crippen molar-refractivity contribution in [2.45, 2.75) is 19.0 Å². The minimum absolute atomic E-state index is 0.00972. The second-order valence-electron chi connectivity index (χ2n) is 3.58. The summed E-state index contributed by atoms with van der Waals surface area (Å²) in [4.78, 5) is 11.8. The lowest BCUT2D eigenvalue weighted by atomic mass is 10.2. The van der Waals surface area contributed by atoms with Gasteiger partial charge in [0.05, 0.1) is 12.1 Å². The van der Waals surface area contributed by atoms with Gasteiger partial charge in [-0.2, -0.15) is 17.0 Å². The fourth-order valence-corrected chi connectivity index (χ4v) is 2.40. The molecule has 1 aliphatic rings. The number of tetrazole rings is 1. The van der Waals surface area contributed by atoms with E-state index in [1.54, 1.807) is 11.8 Å². The van der Waals surface area contributed by atoms with E-state index in [1.165, 1.54) is 0 Å². The lowest BCUT2D eigenvalue weighted by molar-refractivity contribution is -0.123. The van der Waals surface area contributed by atoms with E-state index in [4.69, 9.17) is 0 Å². The maximum absolute atomic E-state index is 11.8. The second-order valence-corrected chi connectivity index (χ2v) is 4.73. The largest absolute Gasteiger partial charge is 0.345 e. The standard InChI is InChI=1S/C8H14N6OS/c1-5(7-11-13-14-12-7)10-8(15)6-4-16-3-2-9-6/h5-6,9H,2-4H2,1H3,(H,10,15)(H,11,12,13,14). The summed E-state index contributed by atoms with van der Waals surface area (Å²) in [6, 6.07) is -0.340. The molecule has 2 rings (SSSR count). The average Bonchev–Trinajstić information content (AvgIpc) is 2.83. The fraction of sp³-hybridized carbons (Fsp3) is 0.750. The van der Waals surface area contributed by atoms with Crippen molar-refractivity contribution >= 4 is 17.7 Å². The molecule has 88 valence electrons. The molecule has 1 amide bonds. The van der Waals surface area contributed by atoms with Gasteiger partial charge in [0.2, 0.25) is 5.91 Å². The minimum atomic E-state index is -0.222. The Morgan fingerprint density at radius 3 is 3.19 bits per heavy atom. The van der Waals surface area contributed by atoms with Gasteiger partial charge in [0.1, 0.15) is 0 Å². The Labute approximate surface area is 97.1 Å². The van der Waals surface area contributed by atoms with Gasteiger partial charge in [-0.15, -0.1) is 10.2 Å². The van der Waals surface area contributed by atoms with Gasteiger partial charge in [-0.3, -0.25) is 4.79 Å². The number of rotatable bonds is 3. The number of carbonyl (C=O) groups is 1. The van der Waals surface area contributed by atoms with Crippen LogP contribution in [0.4, 0.5) is 0 Å². The zero-order valence-electron chi connectivity index (χ0n) is 8.93. The summed E-state index contributed by atoms with van der Waals surface area (Å²) >= 11 is 1.78. The zero-order chi connectivity index (χ0) is 11.4. The van der Waals surface area contributed by atoms with E-state index in [-0.39, 0.29) is 18.0 Å². The topological polar surface area (TPSA) is 95.6 Å². The highest BCUT2D eigenvalue weighted by Crippen LogP contribution is 2.09. The van der Waals surface area contributed by atoms with Gasteiger partial charge < -0.3 is 10.6 Å². The van der Waals surface area contributed by atoms with Crippen LogP contribution < -0.4 is 10.6 Å². The maximum Gasteiger partial charge on any atom is 0.238 e. The maximum atomic E-state index is 11.8. The highest BCUT2D eigenvalue weighted by molar-refractivity contribution is 7.99. The molecule has 1 saturated heterocycles. The van der Waals surface area contributed by atoms with Gasteiger partial charge in [-0.05, 0) is 6.92 Å². The summed E-state index contributed by atoms with van der Waals surface area (Å²) in [7, 11) is 0. The van der Waals surface area contributed by atoms with E-state index in [2.05, 4.69) is 31.3 Å². The molecule has 7 nitrogen and oxygen atoms in total. The monoisotopic (exact) mass is 242 g/mol. The first kappa shape index (κ1) is 11.3. The SMILES string of the molecule is CC(NC(=O)C1CSCCN1)c1nn[nH]n1. The quantitative estimate of drug-likeness (QED) is 0.634. The van der Waals surface area contributed by atoms with Crippen molar-refractivity contribution in [3.05, 3.63) is 5.82 Å². The first-order chi connectivity index (χ1) is 7.77. The molecule has 0 radical (unpaired) electrons. The van der Waals surface area contributed by atoms with Crippen molar-refractivity contribution in [3.8, 4) is 0 Å². The zero-order valence-corrected chi connectivity index (χ0v) is 9.75. The van der Waals surface area contributed by atoms with Crippen LogP contribution in [-0.4, -0.2) is 50.6 Å². The molecular formula is C8H14N6OS. The first-order valence-electron chi connectivity index (χ1n) is 5.12. The lowest BCUT2D eigenvalue weighted by Gasteiger charge is -2.23. The Balaban J connectivity index is 1.86. The molecule has 0 aliphatic carbocycles. The summed E-state index contributed by atoms with van der Waals surface area (Å²) < 4.78 is 0. The van der Waals surface area contributed by atoms with Crippen molar-refractivity contribution in [1.82, 2.24) is 31.3 Å². The van der Waals surface area contributed by atoms with Gasteiger partial charge >= 0.3 is 0 Å². The first-order valence-corrected chi connectivity index (χ1v) is 6.27. The Morgan fingerprint density at radius 1 is 1.69 bits per heavy atom. The normalized spacial score (nSPS) is 22.7. The van der Waals surface area contributed by atoms with Crippen molar-refractivity contribution in [3.63, 3.8) is 0 Å². The number of aromatic nitrogens is 4.